The van der Waals surface area contributed by atoms with Gasteiger partial charge >= 0.3 is 0 Å². The standard InChI is InChI=1S/C14H17N3OS/c19-14-17(11-16-9-5-2-6-10-16)15-13(18-14)12-7-3-1-4-8-12/h1,3-4,7-8H,2,5-6,9-11H2. The average molecular weight is 275 g/mol. The third-order valence-electron chi connectivity index (χ3n) is 3.41. The molecule has 1 fully saturated rings. The molecule has 0 bridgehead atoms. The molecule has 4 nitrogen and oxygen atoms in total. The van der Waals surface area contributed by atoms with Crippen LogP contribution < -0.4 is 0 Å². The number of hydrogen-bond donors (Lipinski definition) is 0. The summed E-state index contributed by atoms with van der Waals surface area (Å²) in [6.45, 7) is 2.97. The van der Waals surface area contributed by atoms with Crippen LogP contribution in [0.4, 0.5) is 0 Å². The lowest BCUT2D eigenvalue weighted by Crippen LogP contribution is -2.32. The summed E-state index contributed by atoms with van der Waals surface area (Å²) < 4.78 is 7.36. The number of piperidine rings is 1. The van der Waals surface area contributed by atoms with Crippen LogP contribution in [0.2, 0.25) is 0 Å². The van der Waals surface area contributed by atoms with E-state index in [0.717, 1.165) is 25.3 Å². The Morgan fingerprint density at radius 1 is 1.11 bits per heavy atom. The summed E-state index contributed by atoms with van der Waals surface area (Å²) in [4.78, 5) is 2.82. The highest BCUT2D eigenvalue weighted by atomic mass is 32.1. The van der Waals surface area contributed by atoms with E-state index in [1.807, 2.05) is 30.3 Å². The van der Waals surface area contributed by atoms with Gasteiger partial charge in [-0.1, -0.05) is 24.6 Å². The Labute approximate surface area is 117 Å². The van der Waals surface area contributed by atoms with Gasteiger partial charge in [0, 0.05) is 5.56 Å². The Balaban J connectivity index is 1.79. The zero-order valence-corrected chi connectivity index (χ0v) is 11.6. The quantitative estimate of drug-likeness (QED) is 0.805. The van der Waals surface area contributed by atoms with E-state index in [0.29, 0.717) is 10.7 Å². The maximum absolute atomic E-state index is 5.58. The van der Waals surface area contributed by atoms with Crippen molar-refractivity contribution >= 4 is 12.2 Å². The minimum Gasteiger partial charge on any atom is -0.409 e. The molecule has 3 rings (SSSR count). The maximum Gasteiger partial charge on any atom is 0.288 e. The second-order valence-corrected chi connectivity index (χ2v) is 5.21. The van der Waals surface area contributed by atoms with E-state index >= 15 is 0 Å². The van der Waals surface area contributed by atoms with E-state index in [2.05, 4.69) is 10.00 Å². The van der Waals surface area contributed by atoms with Gasteiger partial charge in [-0.3, -0.25) is 4.90 Å². The Kier molecular flexibility index (Phi) is 3.75. The van der Waals surface area contributed by atoms with Gasteiger partial charge in [-0.05, 0) is 50.3 Å². The summed E-state index contributed by atoms with van der Waals surface area (Å²) in [5.74, 6) is 0.600. The van der Waals surface area contributed by atoms with Crippen LogP contribution in [0.3, 0.4) is 0 Å². The Morgan fingerprint density at radius 3 is 2.58 bits per heavy atom. The highest BCUT2D eigenvalue weighted by molar-refractivity contribution is 7.71. The zero-order chi connectivity index (χ0) is 13.1. The van der Waals surface area contributed by atoms with Crippen molar-refractivity contribution < 1.29 is 4.42 Å². The van der Waals surface area contributed by atoms with Crippen LogP contribution in [-0.4, -0.2) is 27.8 Å². The van der Waals surface area contributed by atoms with Gasteiger partial charge in [0.15, 0.2) is 0 Å². The van der Waals surface area contributed by atoms with Gasteiger partial charge in [0.25, 0.3) is 4.84 Å². The lowest BCUT2D eigenvalue weighted by Gasteiger charge is -2.25. The molecule has 0 spiro atoms. The summed E-state index contributed by atoms with van der Waals surface area (Å²) in [5, 5.41) is 4.48. The molecule has 0 unspecified atom stereocenters. The van der Waals surface area contributed by atoms with Crippen molar-refractivity contribution in [3.8, 4) is 11.5 Å². The first-order valence-corrected chi connectivity index (χ1v) is 7.09. The topological polar surface area (TPSA) is 34.2 Å². The van der Waals surface area contributed by atoms with Crippen LogP contribution in [0.5, 0.6) is 0 Å². The highest BCUT2D eigenvalue weighted by Gasteiger charge is 2.13. The predicted molar refractivity (Wildman–Crippen MR) is 76.2 cm³/mol. The predicted octanol–water partition coefficient (Wildman–Crippen LogP) is 3.32. The van der Waals surface area contributed by atoms with Crippen molar-refractivity contribution in [2.45, 2.75) is 25.9 Å². The first kappa shape index (κ1) is 12.6. The number of aromatic nitrogens is 2. The molecule has 1 aromatic carbocycles. The molecule has 0 saturated carbocycles. The Hall–Kier alpha value is -1.46. The molecule has 19 heavy (non-hydrogen) atoms. The van der Waals surface area contributed by atoms with Gasteiger partial charge in [-0.25, -0.2) is 4.68 Å². The van der Waals surface area contributed by atoms with E-state index < -0.39 is 0 Å². The molecule has 1 saturated heterocycles. The summed E-state index contributed by atoms with van der Waals surface area (Å²) in [6, 6.07) is 9.87. The molecule has 0 atom stereocenters. The van der Waals surface area contributed by atoms with Crippen LogP contribution in [0, 0.1) is 4.84 Å². The highest BCUT2D eigenvalue weighted by Crippen LogP contribution is 2.17. The molecule has 0 N–H and O–H groups in total. The molecular weight excluding hydrogens is 258 g/mol. The summed E-state index contributed by atoms with van der Waals surface area (Å²) in [6.07, 6.45) is 3.85. The van der Waals surface area contributed by atoms with Gasteiger partial charge in [-0.15, -0.1) is 5.10 Å². The zero-order valence-electron chi connectivity index (χ0n) is 10.8. The maximum atomic E-state index is 5.58. The minimum atomic E-state index is 0.449. The lowest BCUT2D eigenvalue weighted by molar-refractivity contribution is 0.170. The molecule has 1 aromatic heterocycles. The van der Waals surface area contributed by atoms with Crippen molar-refractivity contribution in [3.63, 3.8) is 0 Å². The summed E-state index contributed by atoms with van der Waals surface area (Å²) >= 11 is 5.25. The van der Waals surface area contributed by atoms with Crippen molar-refractivity contribution in [2.24, 2.45) is 0 Å². The average Bonchev–Trinajstić information content (AvgIpc) is 2.82. The molecule has 1 aliphatic heterocycles. The number of rotatable bonds is 3. The van der Waals surface area contributed by atoms with Crippen molar-refractivity contribution in [1.82, 2.24) is 14.7 Å². The Morgan fingerprint density at radius 2 is 1.84 bits per heavy atom. The number of likely N-dealkylation sites (tertiary alicyclic amines) is 1. The lowest BCUT2D eigenvalue weighted by atomic mass is 10.1. The second-order valence-electron chi connectivity index (χ2n) is 4.86. The van der Waals surface area contributed by atoms with Crippen LogP contribution in [0.15, 0.2) is 34.7 Å². The van der Waals surface area contributed by atoms with Crippen molar-refractivity contribution in [1.29, 1.82) is 0 Å². The number of hydrogen-bond acceptors (Lipinski definition) is 4. The second kappa shape index (κ2) is 5.67. The molecule has 0 radical (unpaired) electrons. The van der Waals surface area contributed by atoms with E-state index in [9.17, 15) is 0 Å². The van der Waals surface area contributed by atoms with E-state index in [1.54, 1.807) is 4.68 Å². The van der Waals surface area contributed by atoms with Gasteiger partial charge < -0.3 is 4.42 Å². The largest absolute Gasteiger partial charge is 0.409 e. The van der Waals surface area contributed by atoms with Gasteiger partial charge in [0.1, 0.15) is 0 Å². The fourth-order valence-electron chi connectivity index (χ4n) is 2.38. The van der Waals surface area contributed by atoms with Crippen LogP contribution in [0.1, 0.15) is 19.3 Å². The SMILES string of the molecule is S=c1oc(-c2ccccc2)nn1CN1CCCCC1. The molecule has 1 aliphatic rings. The molecular formula is C14H17N3OS. The molecule has 2 heterocycles. The van der Waals surface area contributed by atoms with E-state index in [1.165, 1.54) is 19.3 Å². The fraction of sp³-hybridized carbons (Fsp3) is 0.429. The monoisotopic (exact) mass is 275 g/mol. The first-order chi connectivity index (χ1) is 9.33. The minimum absolute atomic E-state index is 0.449. The number of nitrogens with zero attached hydrogens (tertiary/aromatic N) is 3. The van der Waals surface area contributed by atoms with E-state index in [4.69, 9.17) is 16.6 Å². The fourth-order valence-corrected chi connectivity index (χ4v) is 2.56. The van der Waals surface area contributed by atoms with E-state index in [-0.39, 0.29) is 0 Å². The first-order valence-electron chi connectivity index (χ1n) is 6.69. The van der Waals surface area contributed by atoms with Gasteiger partial charge in [0.05, 0.1) is 6.67 Å². The summed E-state index contributed by atoms with van der Waals surface area (Å²) in [5.41, 5.74) is 0.964. The van der Waals surface area contributed by atoms with Crippen LogP contribution in [-0.2, 0) is 6.67 Å². The number of benzene rings is 1. The van der Waals surface area contributed by atoms with Gasteiger partial charge in [0.2, 0.25) is 5.89 Å². The van der Waals surface area contributed by atoms with Crippen LogP contribution >= 0.6 is 12.2 Å². The van der Waals surface area contributed by atoms with Crippen molar-refractivity contribution in [3.05, 3.63) is 35.2 Å². The molecule has 5 heteroatoms. The van der Waals surface area contributed by atoms with Gasteiger partial charge in [-0.2, -0.15) is 0 Å². The third-order valence-corrected chi connectivity index (χ3v) is 3.70. The molecule has 100 valence electrons. The smallest absolute Gasteiger partial charge is 0.288 e. The van der Waals surface area contributed by atoms with Crippen LogP contribution in [0.25, 0.3) is 11.5 Å². The molecule has 0 aliphatic carbocycles. The third kappa shape index (κ3) is 2.93. The molecule has 0 amide bonds. The normalized spacial score (nSPS) is 16.6. The Bertz CT molecular complexity index is 584. The molecule has 2 aromatic rings. The van der Waals surface area contributed by atoms with Crippen molar-refractivity contribution in [2.75, 3.05) is 13.1 Å². The summed E-state index contributed by atoms with van der Waals surface area (Å²) in [7, 11) is 0.